The Labute approximate surface area is 110 Å². The summed E-state index contributed by atoms with van der Waals surface area (Å²) in [7, 11) is 1.54. The van der Waals surface area contributed by atoms with E-state index in [0.717, 1.165) is 12.8 Å². The van der Waals surface area contributed by atoms with E-state index in [0.29, 0.717) is 17.2 Å². The van der Waals surface area contributed by atoms with E-state index in [4.69, 9.17) is 16.3 Å². The van der Waals surface area contributed by atoms with Gasteiger partial charge in [0.15, 0.2) is 0 Å². The summed E-state index contributed by atoms with van der Waals surface area (Å²) in [5, 5.41) is 3.24. The number of carbonyl (C=O) groups is 1. The van der Waals surface area contributed by atoms with Gasteiger partial charge in [-0.1, -0.05) is 17.7 Å². The van der Waals surface area contributed by atoms with Gasteiger partial charge in [-0.15, -0.1) is 0 Å². The van der Waals surface area contributed by atoms with E-state index >= 15 is 0 Å². The van der Waals surface area contributed by atoms with Gasteiger partial charge in [-0.3, -0.25) is 4.79 Å². The maximum absolute atomic E-state index is 13.8. The van der Waals surface area contributed by atoms with Crippen LogP contribution in [-0.4, -0.2) is 19.6 Å². The lowest BCUT2D eigenvalue weighted by atomic mass is 10.0. The zero-order valence-electron chi connectivity index (χ0n) is 10.1. The number of halogens is 2. The van der Waals surface area contributed by atoms with Gasteiger partial charge in [-0.2, -0.15) is 0 Å². The molecule has 1 amide bonds. The lowest BCUT2D eigenvalue weighted by Crippen LogP contribution is -2.35. The zero-order valence-corrected chi connectivity index (χ0v) is 10.9. The van der Waals surface area contributed by atoms with E-state index in [1.54, 1.807) is 19.2 Å². The average Bonchev–Trinajstić information content (AvgIpc) is 3.06. The van der Waals surface area contributed by atoms with Crippen LogP contribution >= 0.6 is 11.6 Å². The third-order valence-electron chi connectivity index (χ3n) is 3.11. The molecule has 1 saturated carbocycles. The van der Waals surface area contributed by atoms with Crippen LogP contribution in [0.4, 0.5) is 4.39 Å². The highest BCUT2D eigenvalue weighted by Gasteiger charge is 2.47. The highest BCUT2D eigenvalue weighted by Crippen LogP contribution is 2.46. The van der Waals surface area contributed by atoms with Crippen LogP contribution in [0.25, 0.3) is 0 Å². The third kappa shape index (κ3) is 2.82. The summed E-state index contributed by atoms with van der Waals surface area (Å²) in [6.07, 6.45) is 1.79. The highest BCUT2D eigenvalue weighted by atomic mass is 35.5. The van der Waals surface area contributed by atoms with Crippen LogP contribution in [0.5, 0.6) is 0 Å². The molecule has 0 saturated heterocycles. The minimum Gasteiger partial charge on any atom is -0.384 e. The van der Waals surface area contributed by atoms with Crippen molar-refractivity contribution in [2.45, 2.75) is 24.8 Å². The quantitative estimate of drug-likeness (QED) is 0.894. The predicted octanol–water partition coefficient (Wildman–Crippen LogP) is 2.62. The first-order valence-electron chi connectivity index (χ1n) is 5.83. The monoisotopic (exact) mass is 271 g/mol. The van der Waals surface area contributed by atoms with Gasteiger partial charge >= 0.3 is 0 Å². The molecule has 1 aromatic rings. The number of carbonyl (C=O) groups excluding carboxylic acids is 1. The van der Waals surface area contributed by atoms with Gasteiger partial charge in [0, 0.05) is 24.1 Å². The van der Waals surface area contributed by atoms with Crippen molar-refractivity contribution in [3.8, 4) is 0 Å². The van der Waals surface area contributed by atoms with Gasteiger partial charge in [0.1, 0.15) is 5.82 Å². The van der Waals surface area contributed by atoms with Crippen molar-refractivity contribution in [3.05, 3.63) is 34.6 Å². The van der Waals surface area contributed by atoms with Crippen molar-refractivity contribution in [2.24, 2.45) is 0 Å². The zero-order chi connectivity index (χ0) is 13.2. The fourth-order valence-electron chi connectivity index (χ4n) is 1.99. The molecule has 1 aliphatic carbocycles. The van der Waals surface area contributed by atoms with Crippen molar-refractivity contribution < 1.29 is 13.9 Å². The van der Waals surface area contributed by atoms with Gasteiger partial charge in [0.2, 0.25) is 5.91 Å². The van der Waals surface area contributed by atoms with Crippen molar-refractivity contribution in [1.29, 1.82) is 0 Å². The summed E-state index contributed by atoms with van der Waals surface area (Å²) in [4.78, 5) is 11.7. The van der Waals surface area contributed by atoms with E-state index in [2.05, 4.69) is 5.32 Å². The molecular formula is C13H15ClFNO2. The van der Waals surface area contributed by atoms with Crippen LogP contribution < -0.4 is 5.32 Å². The lowest BCUT2D eigenvalue weighted by molar-refractivity contribution is -0.123. The number of methoxy groups -OCH3 is 1. The molecule has 0 radical (unpaired) electrons. The Bertz CT molecular complexity index is 460. The standard InChI is InChI=1S/C13H15ClFNO2/c1-18-7-4-12(17)16-13(5-6-13)10-3-2-9(14)8-11(10)15/h2-3,8H,4-7H2,1H3,(H,16,17). The van der Waals surface area contributed by atoms with Gasteiger partial charge in [-0.05, 0) is 25.0 Å². The summed E-state index contributed by atoms with van der Waals surface area (Å²) in [6, 6.07) is 4.56. The lowest BCUT2D eigenvalue weighted by Gasteiger charge is -2.18. The van der Waals surface area contributed by atoms with E-state index in [-0.39, 0.29) is 18.1 Å². The Balaban J connectivity index is 2.09. The van der Waals surface area contributed by atoms with Crippen molar-refractivity contribution in [1.82, 2.24) is 5.32 Å². The first-order valence-corrected chi connectivity index (χ1v) is 6.21. The summed E-state index contributed by atoms with van der Waals surface area (Å²) < 4.78 is 18.7. The van der Waals surface area contributed by atoms with E-state index < -0.39 is 5.54 Å². The minimum atomic E-state index is -0.542. The first-order chi connectivity index (χ1) is 8.57. The highest BCUT2D eigenvalue weighted by molar-refractivity contribution is 6.30. The fourth-order valence-corrected chi connectivity index (χ4v) is 2.15. The Hall–Kier alpha value is -1.13. The summed E-state index contributed by atoms with van der Waals surface area (Å²) in [5.74, 6) is -0.490. The fraction of sp³-hybridized carbons (Fsp3) is 0.462. The molecular weight excluding hydrogens is 257 g/mol. The molecule has 1 aliphatic rings. The molecule has 0 heterocycles. The van der Waals surface area contributed by atoms with E-state index in [1.807, 2.05) is 0 Å². The van der Waals surface area contributed by atoms with E-state index in [1.165, 1.54) is 6.07 Å². The van der Waals surface area contributed by atoms with E-state index in [9.17, 15) is 9.18 Å². The Morgan fingerprint density at radius 1 is 1.56 bits per heavy atom. The number of ether oxygens (including phenoxy) is 1. The molecule has 3 nitrogen and oxygen atoms in total. The largest absolute Gasteiger partial charge is 0.384 e. The summed E-state index contributed by atoms with van der Waals surface area (Å²) >= 11 is 5.72. The second kappa shape index (κ2) is 5.24. The first kappa shape index (κ1) is 13.3. The Kier molecular flexibility index (Phi) is 3.88. The Morgan fingerprint density at radius 3 is 2.83 bits per heavy atom. The number of hydrogen-bond acceptors (Lipinski definition) is 2. The van der Waals surface area contributed by atoms with Crippen LogP contribution in [0.2, 0.25) is 5.02 Å². The third-order valence-corrected chi connectivity index (χ3v) is 3.34. The molecule has 1 N–H and O–H groups in total. The normalized spacial score (nSPS) is 16.4. The maximum atomic E-state index is 13.8. The topological polar surface area (TPSA) is 38.3 Å². The molecule has 1 aromatic carbocycles. The smallest absolute Gasteiger partial charge is 0.223 e. The molecule has 0 spiro atoms. The second-order valence-corrected chi connectivity index (χ2v) is 4.93. The minimum absolute atomic E-state index is 0.122. The van der Waals surface area contributed by atoms with Gasteiger partial charge < -0.3 is 10.1 Å². The molecule has 2 rings (SSSR count). The number of rotatable bonds is 5. The molecule has 0 atom stereocenters. The van der Waals surface area contributed by atoms with Crippen LogP contribution in [0.3, 0.4) is 0 Å². The SMILES string of the molecule is COCCC(=O)NC1(c2ccc(Cl)cc2F)CC1. The summed E-state index contributed by atoms with van der Waals surface area (Å²) in [5.41, 5.74) is -0.0304. The second-order valence-electron chi connectivity index (χ2n) is 4.50. The average molecular weight is 272 g/mol. The number of benzene rings is 1. The molecule has 0 aliphatic heterocycles. The molecule has 5 heteroatoms. The number of amides is 1. The molecule has 0 aromatic heterocycles. The molecule has 18 heavy (non-hydrogen) atoms. The molecule has 0 bridgehead atoms. The Morgan fingerprint density at radius 2 is 2.28 bits per heavy atom. The summed E-state index contributed by atoms with van der Waals surface area (Å²) in [6.45, 7) is 0.366. The van der Waals surface area contributed by atoms with Crippen LogP contribution in [0.1, 0.15) is 24.8 Å². The van der Waals surface area contributed by atoms with Gasteiger partial charge in [0.25, 0.3) is 0 Å². The number of hydrogen-bond donors (Lipinski definition) is 1. The van der Waals surface area contributed by atoms with Crippen molar-refractivity contribution in [3.63, 3.8) is 0 Å². The predicted molar refractivity (Wildman–Crippen MR) is 67.0 cm³/mol. The van der Waals surface area contributed by atoms with Gasteiger partial charge in [-0.25, -0.2) is 4.39 Å². The molecule has 1 fully saturated rings. The van der Waals surface area contributed by atoms with Crippen molar-refractivity contribution in [2.75, 3.05) is 13.7 Å². The number of nitrogens with one attached hydrogen (secondary N) is 1. The van der Waals surface area contributed by atoms with Crippen molar-refractivity contribution >= 4 is 17.5 Å². The maximum Gasteiger partial charge on any atom is 0.223 e. The van der Waals surface area contributed by atoms with Crippen LogP contribution in [-0.2, 0) is 15.1 Å². The molecule has 98 valence electrons. The van der Waals surface area contributed by atoms with Crippen LogP contribution in [0.15, 0.2) is 18.2 Å². The molecule has 0 unspecified atom stereocenters. The van der Waals surface area contributed by atoms with Gasteiger partial charge in [0.05, 0.1) is 12.1 Å². The van der Waals surface area contributed by atoms with Crippen LogP contribution in [0, 0.1) is 5.82 Å².